The largest absolute Gasteiger partial charge is 0.294 e. The van der Waals surface area contributed by atoms with E-state index >= 15 is 0 Å². The third kappa shape index (κ3) is 3.16. The highest BCUT2D eigenvalue weighted by molar-refractivity contribution is 9.10. The van der Waals surface area contributed by atoms with Crippen LogP contribution in [-0.2, 0) is 9.59 Å². The summed E-state index contributed by atoms with van der Waals surface area (Å²) in [6.07, 6.45) is 2.48. The second-order valence-corrected chi connectivity index (χ2v) is 8.31. The lowest BCUT2D eigenvalue weighted by atomic mass is 9.77. The van der Waals surface area contributed by atoms with E-state index in [0.29, 0.717) is 12.8 Å². The van der Waals surface area contributed by atoms with Crippen molar-refractivity contribution in [3.8, 4) is 0 Å². The molecule has 0 saturated carbocycles. The van der Waals surface area contributed by atoms with Gasteiger partial charge >= 0.3 is 0 Å². The summed E-state index contributed by atoms with van der Waals surface area (Å²) in [6.45, 7) is 4.10. The lowest BCUT2D eigenvalue weighted by Gasteiger charge is -2.39. The van der Waals surface area contributed by atoms with Crippen molar-refractivity contribution in [3.05, 3.63) is 74.9 Å². The van der Waals surface area contributed by atoms with Crippen LogP contribution in [0.1, 0.15) is 48.3 Å². The Morgan fingerprint density at radius 3 is 2.48 bits per heavy atom. The molecule has 0 aromatic heterocycles. The summed E-state index contributed by atoms with van der Waals surface area (Å²) in [5.41, 5.74) is 5.94. The maximum absolute atomic E-state index is 13.2. The second kappa shape index (κ2) is 7.08. The Bertz CT molecular complexity index is 959. The van der Waals surface area contributed by atoms with Crippen LogP contribution in [0.3, 0.4) is 0 Å². The predicted molar refractivity (Wildman–Crippen MR) is 111 cm³/mol. The minimum absolute atomic E-state index is 0.0741. The minimum atomic E-state index is -0.144. The number of aryl methyl sites for hydroxylation is 1. The SMILES string of the molecule is Cc1cccc(N2C(=O)CC(c3ccc(Br)cc3)C3=C2CCCC3=O)c1C. The topological polar surface area (TPSA) is 37.4 Å². The fourth-order valence-corrected chi connectivity index (χ4v) is 4.49. The highest BCUT2D eigenvalue weighted by Crippen LogP contribution is 2.44. The summed E-state index contributed by atoms with van der Waals surface area (Å²) >= 11 is 3.46. The van der Waals surface area contributed by atoms with Crippen LogP contribution in [0.4, 0.5) is 5.69 Å². The van der Waals surface area contributed by atoms with Gasteiger partial charge in [0.05, 0.1) is 5.69 Å². The van der Waals surface area contributed by atoms with Crippen LogP contribution in [0, 0.1) is 13.8 Å². The van der Waals surface area contributed by atoms with E-state index in [0.717, 1.165) is 51.0 Å². The number of Topliss-reactive ketones (excluding diaryl/α,β-unsaturated/α-hetero) is 1. The number of allylic oxidation sites excluding steroid dienone is 2. The van der Waals surface area contributed by atoms with Gasteiger partial charge in [-0.05, 0) is 61.6 Å². The molecule has 1 atom stereocenters. The number of hydrogen-bond acceptors (Lipinski definition) is 2. The van der Waals surface area contributed by atoms with Crippen molar-refractivity contribution in [1.29, 1.82) is 0 Å². The van der Waals surface area contributed by atoms with Crippen molar-refractivity contribution in [2.75, 3.05) is 4.90 Å². The van der Waals surface area contributed by atoms with E-state index in [2.05, 4.69) is 28.9 Å². The third-order valence-corrected chi connectivity index (χ3v) is 6.29. The molecule has 2 aromatic rings. The predicted octanol–water partition coefficient (Wildman–Crippen LogP) is 5.59. The first kappa shape index (κ1) is 18.2. The average molecular weight is 424 g/mol. The van der Waals surface area contributed by atoms with Gasteiger partial charge in [0.25, 0.3) is 0 Å². The number of benzene rings is 2. The molecule has 1 heterocycles. The number of nitrogens with zero attached hydrogens (tertiary/aromatic N) is 1. The normalized spacial score (nSPS) is 20.1. The maximum Gasteiger partial charge on any atom is 0.232 e. The van der Waals surface area contributed by atoms with E-state index in [9.17, 15) is 9.59 Å². The van der Waals surface area contributed by atoms with Crippen molar-refractivity contribution >= 4 is 33.3 Å². The summed E-state index contributed by atoms with van der Waals surface area (Å²) in [5, 5.41) is 0. The van der Waals surface area contributed by atoms with Crippen LogP contribution in [0.2, 0.25) is 0 Å². The van der Waals surface area contributed by atoms with Gasteiger partial charge in [-0.2, -0.15) is 0 Å². The van der Waals surface area contributed by atoms with Gasteiger partial charge in [-0.25, -0.2) is 0 Å². The standard InChI is InChI=1S/C23H22BrNO2/c1-14-5-3-6-19(15(14)2)25-20-7-4-8-21(26)23(20)18(13-22(25)27)16-9-11-17(24)12-10-16/h3,5-6,9-12,18H,4,7-8,13H2,1-2H3. The highest BCUT2D eigenvalue weighted by Gasteiger charge is 2.40. The van der Waals surface area contributed by atoms with Gasteiger partial charge in [0.2, 0.25) is 5.91 Å². The van der Waals surface area contributed by atoms with Gasteiger partial charge in [-0.15, -0.1) is 0 Å². The van der Waals surface area contributed by atoms with Gasteiger partial charge < -0.3 is 0 Å². The summed E-state index contributed by atoms with van der Waals surface area (Å²) in [4.78, 5) is 28.0. The van der Waals surface area contributed by atoms with Gasteiger partial charge in [-0.3, -0.25) is 14.5 Å². The summed E-state index contributed by atoms with van der Waals surface area (Å²) in [5.74, 6) is 0.117. The van der Waals surface area contributed by atoms with Gasteiger partial charge in [0.15, 0.2) is 5.78 Å². The Hall–Kier alpha value is -2.20. The molecular formula is C23H22BrNO2. The molecule has 2 aromatic carbocycles. The van der Waals surface area contributed by atoms with Crippen LogP contribution < -0.4 is 4.90 Å². The van der Waals surface area contributed by atoms with Crippen molar-refractivity contribution in [1.82, 2.24) is 0 Å². The Kier molecular flexibility index (Phi) is 4.77. The van der Waals surface area contributed by atoms with Crippen molar-refractivity contribution in [3.63, 3.8) is 0 Å². The number of halogens is 1. The lowest BCUT2D eigenvalue weighted by molar-refractivity contribution is -0.119. The molecule has 1 aliphatic carbocycles. The molecule has 138 valence electrons. The van der Waals surface area contributed by atoms with Crippen LogP contribution >= 0.6 is 15.9 Å². The van der Waals surface area contributed by atoms with Crippen LogP contribution in [0.5, 0.6) is 0 Å². The molecule has 3 nitrogen and oxygen atoms in total. The van der Waals surface area contributed by atoms with Crippen molar-refractivity contribution in [2.45, 2.75) is 45.4 Å². The summed E-state index contributed by atoms with van der Waals surface area (Å²) in [7, 11) is 0. The van der Waals surface area contributed by atoms with Gasteiger partial charge in [0.1, 0.15) is 0 Å². The Morgan fingerprint density at radius 2 is 1.74 bits per heavy atom. The van der Waals surface area contributed by atoms with E-state index in [4.69, 9.17) is 0 Å². The van der Waals surface area contributed by atoms with Crippen LogP contribution in [0.15, 0.2) is 58.2 Å². The molecule has 1 aliphatic heterocycles. The van der Waals surface area contributed by atoms with E-state index in [1.807, 2.05) is 48.2 Å². The lowest BCUT2D eigenvalue weighted by Crippen LogP contribution is -2.41. The van der Waals surface area contributed by atoms with E-state index in [1.54, 1.807) is 0 Å². The number of carbonyl (C=O) groups is 2. The Labute approximate surface area is 168 Å². The number of rotatable bonds is 2. The van der Waals surface area contributed by atoms with Gasteiger partial charge in [0, 0.05) is 34.5 Å². The Morgan fingerprint density at radius 1 is 1.00 bits per heavy atom. The molecule has 0 radical (unpaired) electrons. The molecule has 0 saturated heterocycles. The Balaban J connectivity index is 1.88. The molecule has 2 aliphatic rings. The molecule has 0 bridgehead atoms. The molecule has 1 unspecified atom stereocenters. The number of hydrogen-bond donors (Lipinski definition) is 0. The number of ketones is 1. The number of amides is 1. The fourth-order valence-electron chi connectivity index (χ4n) is 4.23. The molecule has 27 heavy (non-hydrogen) atoms. The first-order chi connectivity index (χ1) is 13.0. The van der Waals surface area contributed by atoms with E-state index in [1.165, 1.54) is 0 Å². The average Bonchev–Trinajstić information content (AvgIpc) is 2.65. The molecule has 4 rings (SSSR count). The molecule has 0 fully saturated rings. The zero-order chi connectivity index (χ0) is 19.1. The number of anilines is 1. The van der Waals surface area contributed by atoms with Gasteiger partial charge in [-0.1, -0.05) is 40.2 Å². The summed E-state index contributed by atoms with van der Waals surface area (Å²) < 4.78 is 0.995. The van der Waals surface area contributed by atoms with Crippen molar-refractivity contribution in [2.24, 2.45) is 0 Å². The molecule has 1 amide bonds. The van der Waals surface area contributed by atoms with Crippen LogP contribution in [-0.4, -0.2) is 11.7 Å². The van der Waals surface area contributed by atoms with E-state index < -0.39 is 0 Å². The molecular weight excluding hydrogens is 402 g/mol. The smallest absolute Gasteiger partial charge is 0.232 e. The molecule has 4 heteroatoms. The summed E-state index contributed by atoms with van der Waals surface area (Å²) in [6, 6.07) is 14.0. The zero-order valence-electron chi connectivity index (χ0n) is 15.6. The molecule has 0 N–H and O–H groups in total. The van der Waals surface area contributed by atoms with Crippen molar-refractivity contribution < 1.29 is 9.59 Å². The first-order valence-corrected chi connectivity index (χ1v) is 10.2. The van der Waals surface area contributed by atoms with E-state index in [-0.39, 0.29) is 17.6 Å². The monoisotopic (exact) mass is 423 g/mol. The number of carbonyl (C=O) groups excluding carboxylic acids is 2. The molecule has 0 spiro atoms. The maximum atomic E-state index is 13.2. The second-order valence-electron chi connectivity index (χ2n) is 7.39. The minimum Gasteiger partial charge on any atom is -0.294 e. The zero-order valence-corrected chi connectivity index (χ0v) is 17.2. The fraction of sp³-hybridized carbons (Fsp3) is 0.304. The highest BCUT2D eigenvalue weighted by atomic mass is 79.9. The quantitative estimate of drug-likeness (QED) is 0.630. The first-order valence-electron chi connectivity index (χ1n) is 9.38. The van der Waals surface area contributed by atoms with Crippen LogP contribution in [0.25, 0.3) is 0 Å². The third-order valence-electron chi connectivity index (χ3n) is 5.76.